The zero-order chi connectivity index (χ0) is 17.0. The van der Waals surface area contributed by atoms with Crippen molar-refractivity contribution in [3.05, 3.63) is 34.6 Å². The molecule has 0 bridgehead atoms. The third-order valence-electron chi connectivity index (χ3n) is 3.70. The fraction of sp³-hybridized carbons (Fsp3) is 0.467. The molecule has 1 aromatic rings. The molecule has 23 heavy (non-hydrogen) atoms. The first-order valence-corrected chi connectivity index (χ1v) is 7.59. The van der Waals surface area contributed by atoms with Gasteiger partial charge in [-0.1, -0.05) is 11.6 Å². The Morgan fingerprint density at radius 1 is 1.30 bits per heavy atom. The summed E-state index contributed by atoms with van der Waals surface area (Å²) in [5.41, 5.74) is 5.98. The van der Waals surface area contributed by atoms with Gasteiger partial charge in [0.05, 0.1) is 17.2 Å². The van der Waals surface area contributed by atoms with Gasteiger partial charge in [0.15, 0.2) is 0 Å². The topological polar surface area (TPSA) is 75.9 Å². The van der Waals surface area contributed by atoms with Crippen LogP contribution in [-0.4, -0.2) is 67.6 Å². The second-order valence-electron chi connectivity index (χ2n) is 5.30. The van der Waals surface area contributed by atoms with E-state index in [-0.39, 0.29) is 29.0 Å². The molecule has 1 aliphatic heterocycles. The molecule has 0 radical (unpaired) electrons. The van der Waals surface area contributed by atoms with E-state index in [4.69, 9.17) is 22.1 Å². The smallest absolute Gasteiger partial charge is 0.255 e. The Bertz CT molecular complexity index is 591. The first-order valence-electron chi connectivity index (χ1n) is 7.21. The number of nitrogens with two attached hydrogens (primary N) is 1. The molecule has 6 nitrogen and oxygen atoms in total. The quantitative estimate of drug-likeness (QED) is 0.874. The number of ether oxygens (including phenoxy) is 1. The van der Waals surface area contributed by atoms with Crippen molar-refractivity contribution in [3.8, 4) is 0 Å². The zero-order valence-electron chi connectivity index (χ0n) is 12.8. The largest absolute Gasteiger partial charge is 0.383 e. The lowest BCUT2D eigenvalue weighted by Crippen LogP contribution is -2.55. The molecule has 1 heterocycles. The van der Waals surface area contributed by atoms with Crippen LogP contribution in [0.2, 0.25) is 5.02 Å². The van der Waals surface area contributed by atoms with Gasteiger partial charge in [0, 0.05) is 33.3 Å². The van der Waals surface area contributed by atoms with Crippen molar-refractivity contribution in [2.75, 3.05) is 39.9 Å². The molecular weight excluding hydrogens is 325 g/mol. The minimum absolute atomic E-state index is 0.0793. The van der Waals surface area contributed by atoms with E-state index in [0.717, 1.165) is 6.07 Å². The average Bonchev–Trinajstić information content (AvgIpc) is 2.54. The highest BCUT2D eigenvalue weighted by molar-refractivity contribution is 6.33. The summed E-state index contributed by atoms with van der Waals surface area (Å²) in [6, 6.07) is 2.97. The molecule has 2 rings (SSSR count). The van der Waals surface area contributed by atoms with Gasteiger partial charge in [-0.2, -0.15) is 0 Å². The lowest BCUT2D eigenvalue weighted by Gasteiger charge is -2.36. The Balaban J connectivity index is 1.96. The molecule has 0 aliphatic carbocycles. The molecule has 2 N–H and O–H groups in total. The number of methoxy groups -OCH3 is 1. The van der Waals surface area contributed by atoms with E-state index in [1.807, 2.05) is 0 Å². The van der Waals surface area contributed by atoms with Crippen LogP contribution >= 0.6 is 11.6 Å². The third kappa shape index (κ3) is 4.19. The van der Waals surface area contributed by atoms with Crippen LogP contribution in [-0.2, 0) is 9.53 Å². The minimum atomic E-state index is -0.700. The lowest BCUT2D eigenvalue weighted by atomic mass is 10.1. The van der Waals surface area contributed by atoms with Gasteiger partial charge in [-0.3, -0.25) is 9.59 Å². The maximum atomic E-state index is 13.1. The Morgan fingerprint density at radius 2 is 1.91 bits per heavy atom. The van der Waals surface area contributed by atoms with E-state index in [0.29, 0.717) is 26.2 Å². The maximum Gasteiger partial charge on any atom is 0.255 e. The zero-order valence-corrected chi connectivity index (χ0v) is 13.6. The molecule has 0 saturated carbocycles. The van der Waals surface area contributed by atoms with Gasteiger partial charge in [0.1, 0.15) is 11.9 Å². The van der Waals surface area contributed by atoms with E-state index >= 15 is 0 Å². The molecule has 0 aromatic heterocycles. The summed E-state index contributed by atoms with van der Waals surface area (Å²) >= 11 is 5.92. The number of benzene rings is 1. The van der Waals surface area contributed by atoms with Crippen LogP contribution in [0.4, 0.5) is 4.39 Å². The van der Waals surface area contributed by atoms with Gasteiger partial charge in [0.25, 0.3) is 5.91 Å². The Hall–Kier alpha value is -1.70. The summed E-state index contributed by atoms with van der Waals surface area (Å²) in [5, 5.41) is 0.0793. The summed E-state index contributed by atoms with van der Waals surface area (Å²) in [6.07, 6.45) is 0. The molecule has 1 aromatic carbocycles. The molecular formula is C15H19ClFN3O3. The van der Waals surface area contributed by atoms with Crippen LogP contribution in [0.5, 0.6) is 0 Å². The van der Waals surface area contributed by atoms with Gasteiger partial charge in [-0.15, -0.1) is 0 Å². The van der Waals surface area contributed by atoms with Crippen molar-refractivity contribution in [2.45, 2.75) is 6.04 Å². The standard InChI is InChI=1S/C15H19ClFN3O3/c1-23-9-13(18)15(22)20-6-4-19(5-7-20)14(21)11-3-2-10(17)8-12(11)16/h2-3,8,13H,4-7,9,18H2,1H3. The fourth-order valence-corrected chi connectivity index (χ4v) is 2.70. The summed E-state index contributed by atoms with van der Waals surface area (Å²) < 4.78 is 17.9. The number of nitrogens with zero attached hydrogens (tertiary/aromatic N) is 2. The van der Waals surface area contributed by atoms with Crippen molar-refractivity contribution in [2.24, 2.45) is 5.73 Å². The number of hydrogen-bond acceptors (Lipinski definition) is 4. The third-order valence-corrected chi connectivity index (χ3v) is 4.02. The molecule has 126 valence electrons. The average molecular weight is 344 g/mol. The number of halogens is 2. The van der Waals surface area contributed by atoms with Gasteiger partial charge in [0.2, 0.25) is 5.91 Å². The van der Waals surface area contributed by atoms with Crippen molar-refractivity contribution in [3.63, 3.8) is 0 Å². The lowest BCUT2D eigenvalue weighted by molar-refractivity contribution is -0.135. The Morgan fingerprint density at radius 3 is 2.48 bits per heavy atom. The summed E-state index contributed by atoms with van der Waals surface area (Å²) in [7, 11) is 1.48. The van der Waals surface area contributed by atoms with E-state index in [9.17, 15) is 14.0 Å². The molecule has 1 fully saturated rings. The molecule has 1 saturated heterocycles. The SMILES string of the molecule is COCC(N)C(=O)N1CCN(C(=O)c2ccc(F)cc2Cl)CC1. The second-order valence-corrected chi connectivity index (χ2v) is 5.71. The van der Waals surface area contributed by atoms with E-state index in [1.165, 1.54) is 19.2 Å². The van der Waals surface area contributed by atoms with E-state index < -0.39 is 11.9 Å². The molecule has 1 atom stereocenters. The van der Waals surface area contributed by atoms with Gasteiger partial charge >= 0.3 is 0 Å². The maximum absolute atomic E-state index is 13.1. The van der Waals surface area contributed by atoms with Crippen LogP contribution in [0.3, 0.4) is 0 Å². The van der Waals surface area contributed by atoms with Gasteiger partial charge in [-0.25, -0.2) is 4.39 Å². The highest BCUT2D eigenvalue weighted by Crippen LogP contribution is 2.20. The number of piperazine rings is 1. The highest BCUT2D eigenvalue weighted by Gasteiger charge is 2.28. The highest BCUT2D eigenvalue weighted by atomic mass is 35.5. The molecule has 2 amide bonds. The number of carbonyl (C=O) groups is 2. The predicted molar refractivity (Wildman–Crippen MR) is 83.7 cm³/mol. The minimum Gasteiger partial charge on any atom is -0.383 e. The predicted octanol–water partition coefficient (Wildman–Crippen LogP) is 0.737. The van der Waals surface area contributed by atoms with Crippen molar-refractivity contribution in [1.29, 1.82) is 0 Å². The van der Waals surface area contributed by atoms with Gasteiger partial charge < -0.3 is 20.3 Å². The number of hydrogen-bond donors (Lipinski definition) is 1. The van der Waals surface area contributed by atoms with E-state index in [2.05, 4.69) is 0 Å². The Kier molecular flexibility index (Phi) is 5.92. The number of rotatable bonds is 4. The van der Waals surface area contributed by atoms with E-state index in [1.54, 1.807) is 9.80 Å². The molecule has 0 spiro atoms. The van der Waals surface area contributed by atoms with Crippen LogP contribution in [0.1, 0.15) is 10.4 Å². The monoisotopic (exact) mass is 343 g/mol. The second kappa shape index (κ2) is 7.72. The van der Waals surface area contributed by atoms with Gasteiger partial charge in [-0.05, 0) is 18.2 Å². The van der Waals surface area contributed by atoms with Crippen molar-refractivity contribution >= 4 is 23.4 Å². The van der Waals surface area contributed by atoms with Crippen molar-refractivity contribution in [1.82, 2.24) is 9.80 Å². The van der Waals surface area contributed by atoms with Crippen LogP contribution in [0, 0.1) is 5.82 Å². The Labute approximate surface area is 138 Å². The summed E-state index contributed by atoms with van der Waals surface area (Å²) in [4.78, 5) is 27.7. The van der Waals surface area contributed by atoms with Crippen LogP contribution < -0.4 is 5.73 Å². The number of carbonyl (C=O) groups excluding carboxylic acids is 2. The molecule has 8 heteroatoms. The van der Waals surface area contributed by atoms with Crippen molar-refractivity contribution < 1.29 is 18.7 Å². The summed E-state index contributed by atoms with van der Waals surface area (Å²) in [5.74, 6) is -0.962. The first-order chi connectivity index (χ1) is 10.9. The summed E-state index contributed by atoms with van der Waals surface area (Å²) in [6.45, 7) is 1.68. The number of amides is 2. The normalized spacial score (nSPS) is 16.3. The fourth-order valence-electron chi connectivity index (χ4n) is 2.45. The van der Waals surface area contributed by atoms with Crippen LogP contribution in [0.25, 0.3) is 0 Å². The van der Waals surface area contributed by atoms with Crippen LogP contribution in [0.15, 0.2) is 18.2 Å². The first kappa shape index (κ1) is 17.7. The molecule has 1 unspecified atom stereocenters. The molecule has 1 aliphatic rings.